The van der Waals surface area contributed by atoms with E-state index in [1.54, 1.807) is 48.5 Å². The Morgan fingerprint density at radius 1 is 1.16 bits per heavy atom. The summed E-state index contributed by atoms with van der Waals surface area (Å²) >= 11 is 7.40. The standard InChI is InChI=1S/C22H19ClN4O4S/c1-2-20-26-27-21(29)11-15(25-22(27)32-20)12-30-16-7-5-6-14(10-16)24-19(28)13-31-18-9-4-3-8-17(18)23/h3-11H,2,12-13H2,1H3,(H,24,28). The Morgan fingerprint density at radius 3 is 2.81 bits per heavy atom. The second-order valence-corrected chi connectivity index (χ2v) is 8.16. The maximum absolute atomic E-state index is 12.2. The molecule has 4 aromatic rings. The molecule has 0 atom stereocenters. The van der Waals surface area contributed by atoms with Crippen LogP contribution in [0.2, 0.25) is 5.02 Å². The van der Waals surface area contributed by atoms with E-state index in [9.17, 15) is 9.59 Å². The third-order valence-electron chi connectivity index (χ3n) is 4.34. The number of carbonyl (C=O) groups is 1. The van der Waals surface area contributed by atoms with Gasteiger partial charge in [0.2, 0.25) is 4.96 Å². The molecule has 32 heavy (non-hydrogen) atoms. The number of nitrogens with one attached hydrogen (secondary N) is 1. The molecule has 10 heteroatoms. The zero-order chi connectivity index (χ0) is 22.5. The van der Waals surface area contributed by atoms with Gasteiger partial charge in [0.15, 0.2) is 6.61 Å². The van der Waals surface area contributed by atoms with Crippen LogP contribution < -0.4 is 20.3 Å². The van der Waals surface area contributed by atoms with E-state index >= 15 is 0 Å². The third kappa shape index (κ3) is 5.24. The number of para-hydroxylation sites is 1. The fourth-order valence-electron chi connectivity index (χ4n) is 2.84. The molecular weight excluding hydrogens is 452 g/mol. The monoisotopic (exact) mass is 470 g/mol. The summed E-state index contributed by atoms with van der Waals surface area (Å²) in [6, 6.07) is 15.3. The predicted molar refractivity (Wildman–Crippen MR) is 123 cm³/mol. The van der Waals surface area contributed by atoms with Crippen molar-refractivity contribution in [2.75, 3.05) is 11.9 Å². The Bertz CT molecular complexity index is 1320. The van der Waals surface area contributed by atoms with Crippen LogP contribution in [-0.4, -0.2) is 27.1 Å². The van der Waals surface area contributed by atoms with Gasteiger partial charge in [0.1, 0.15) is 23.1 Å². The number of amides is 1. The van der Waals surface area contributed by atoms with Gasteiger partial charge in [-0.05, 0) is 30.7 Å². The largest absolute Gasteiger partial charge is 0.487 e. The maximum Gasteiger partial charge on any atom is 0.275 e. The number of aromatic nitrogens is 3. The number of halogens is 1. The van der Waals surface area contributed by atoms with Crippen LogP contribution in [0.3, 0.4) is 0 Å². The summed E-state index contributed by atoms with van der Waals surface area (Å²) in [6.07, 6.45) is 0.737. The van der Waals surface area contributed by atoms with Gasteiger partial charge in [-0.25, -0.2) is 4.98 Å². The second-order valence-electron chi connectivity index (χ2n) is 6.71. The average Bonchev–Trinajstić information content (AvgIpc) is 3.21. The van der Waals surface area contributed by atoms with Crippen LogP contribution in [0.1, 0.15) is 17.6 Å². The van der Waals surface area contributed by atoms with Crippen LogP contribution in [-0.2, 0) is 17.8 Å². The number of fused-ring (bicyclic) bond motifs is 1. The molecule has 0 radical (unpaired) electrons. The first kappa shape index (κ1) is 21.8. The van der Waals surface area contributed by atoms with Crippen LogP contribution in [0.15, 0.2) is 59.4 Å². The number of hydrogen-bond acceptors (Lipinski definition) is 7. The molecule has 0 bridgehead atoms. The Morgan fingerprint density at radius 2 is 2.00 bits per heavy atom. The van der Waals surface area contributed by atoms with Crippen LogP contribution in [0, 0.1) is 0 Å². The van der Waals surface area contributed by atoms with Crippen molar-refractivity contribution in [2.45, 2.75) is 20.0 Å². The minimum atomic E-state index is -0.334. The SMILES string of the molecule is CCc1nn2c(=O)cc(COc3cccc(NC(=O)COc4ccccc4Cl)c3)nc2s1. The number of ether oxygens (including phenoxy) is 2. The minimum Gasteiger partial charge on any atom is -0.487 e. The first-order chi connectivity index (χ1) is 15.5. The summed E-state index contributed by atoms with van der Waals surface area (Å²) in [7, 11) is 0. The van der Waals surface area contributed by atoms with Crippen LogP contribution in [0.5, 0.6) is 11.5 Å². The fraction of sp³-hybridized carbons (Fsp3) is 0.182. The van der Waals surface area contributed by atoms with E-state index in [2.05, 4.69) is 15.4 Å². The van der Waals surface area contributed by atoms with Crippen LogP contribution in [0.25, 0.3) is 4.96 Å². The van der Waals surface area contributed by atoms with Crippen molar-refractivity contribution in [1.29, 1.82) is 0 Å². The molecule has 0 saturated carbocycles. The molecule has 164 valence electrons. The van der Waals surface area contributed by atoms with E-state index in [1.807, 2.05) is 6.92 Å². The average molecular weight is 471 g/mol. The van der Waals surface area contributed by atoms with Crippen molar-refractivity contribution < 1.29 is 14.3 Å². The summed E-state index contributed by atoms with van der Waals surface area (Å²) in [4.78, 5) is 29.4. The Labute approximate surface area is 192 Å². The topological polar surface area (TPSA) is 94.8 Å². The number of nitrogens with zero attached hydrogens (tertiary/aromatic N) is 3. The van der Waals surface area contributed by atoms with Gasteiger partial charge in [0, 0.05) is 17.8 Å². The van der Waals surface area contributed by atoms with E-state index in [0.717, 1.165) is 11.4 Å². The number of aryl methyl sites for hydroxylation is 1. The highest BCUT2D eigenvalue weighted by Crippen LogP contribution is 2.23. The molecular formula is C22H19ClN4O4S. The van der Waals surface area contributed by atoms with Crippen molar-refractivity contribution in [3.05, 3.63) is 80.7 Å². The summed E-state index contributed by atoms with van der Waals surface area (Å²) < 4.78 is 12.5. The summed E-state index contributed by atoms with van der Waals surface area (Å²) in [6.45, 7) is 1.90. The third-order valence-corrected chi connectivity index (χ3v) is 5.71. The maximum atomic E-state index is 12.2. The Hall–Kier alpha value is -3.43. The van der Waals surface area contributed by atoms with Gasteiger partial charge in [-0.1, -0.05) is 48.1 Å². The van der Waals surface area contributed by atoms with E-state index < -0.39 is 0 Å². The molecule has 0 fully saturated rings. The van der Waals surface area contributed by atoms with Gasteiger partial charge >= 0.3 is 0 Å². The van der Waals surface area contributed by atoms with Gasteiger partial charge in [0.25, 0.3) is 11.5 Å². The summed E-state index contributed by atoms with van der Waals surface area (Å²) in [5.41, 5.74) is 0.807. The van der Waals surface area contributed by atoms with Crippen molar-refractivity contribution >= 4 is 39.5 Å². The first-order valence-corrected chi connectivity index (χ1v) is 11.0. The lowest BCUT2D eigenvalue weighted by atomic mass is 10.3. The van der Waals surface area contributed by atoms with Crippen molar-refractivity contribution in [3.63, 3.8) is 0 Å². The molecule has 2 aromatic heterocycles. The van der Waals surface area contributed by atoms with Gasteiger partial charge in [-0.3, -0.25) is 9.59 Å². The summed E-state index contributed by atoms with van der Waals surface area (Å²) in [5.74, 6) is 0.628. The molecule has 0 unspecified atom stereocenters. The molecule has 2 heterocycles. The lowest BCUT2D eigenvalue weighted by Gasteiger charge is -2.10. The Balaban J connectivity index is 1.37. The zero-order valence-electron chi connectivity index (χ0n) is 17.1. The molecule has 0 spiro atoms. The highest BCUT2D eigenvalue weighted by Gasteiger charge is 2.10. The second kappa shape index (κ2) is 9.80. The van der Waals surface area contributed by atoms with Crippen molar-refractivity contribution in [3.8, 4) is 11.5 Å². The molecule has 0 saturated heterocycles. The lowest BCUT2D eigenvalue weighted by Crippen LogP contribution is -2.20. The van der Waals surface area contributed by atoms with E-state index in [1.165, 1.54) is 21.9 Å². The van der Waals surface area contributed by atoms with Gasteiger partial charge < -0.3 is 14.8 Å². The number of hydrogen-bond donors (Lipinski definition) is 1. The Kier molecular flexibility index (Phi) is 6.67. The first-order valence-electron chi connectivity index (χ1n) is 9.80. The van der Waals surface area contributed by atoms with E-state index in [4.69, 9.17) is 21.1 Å². The molecule has 2 aromatic carbocycles. The summed E-state index contributed by atoms with van der Waals surface area (Å²) in [5, 5.41) is 8.26. The highest BCUT2D eigenvalue weighted by atomic mass is 35.5. The minimum absolute atomic E-state index is 0.109. The predicted octanol–water partition coefficient (Wildman–Crippen LogP) is 3.96. The lowest BCUT2D eigenvalue weighted by molar-refractivity contribution is -0.118. The molecule has 0 aliphatic heterocycles. The van der Waals surface area contributed by atoms with E-state index in [0.29, 0.717) is 32.9 Å². The van der Waals surface area contributed by atoms with Crippen LogP contribution >= 0.6 is 22.9 Å². The number of benzene rings is 2. The van der Waals surface area contributed by atoms with E-state index in [-0.39, 0.29) is 24.7 Å². The molecule has 4 rings (SSSR count). The fourth-order valence-corrected chi connectivity index (χ4v) is 3.88. The quantitative estimate of drug-likeness (QED) is 0.419. The zero-order valence-corrected chi connectivity index (χ0v) is 18.7. The number of rotatable bonds is 8. The number of anilines is 1. The smallest absolute Gasteiger partial charge is 0.275 e. The van der Waals surface area contributed by atoms with Crippen molar-refractivity contribution in [2.24, 2.45) is 0 Å². The van der Waals surface area contributed by atoms with Crippen molar-refractivity contribution in [1.82, 2.24) is 14.6 Å². The molecule has 0 aliphatic rings. The molecule has 1 N–H and O–H groups in total. The molecule has 0 aliphatic carbocycles. The molecule has 8 nitrogen and oxygen atoms in total. The highest BCUT2D eigenvalue weighted by molar-refractivity contribution is 7.16. The van der Waals surface area contributed by atoms with Crippen LogP contribution in [0.4, 0.5) is 5.69 Å². The van der Waals surface area contributed by atoms with Gasteiger partial charge in [-0.15, -0.1) is 0 Å². The van der Waals surface area contributed by atoms with Gasteiger partial charge in [0.05, 0.1) is 10.7 Å². The molecule has 1 amide bonds. The normalized spacial score (nSPS) is 10.8. The number of carbonyl (C=O) groups excluding carboxylic acids is 1. The van der Waals surface area contributed by atoms with Gasteiger partial charge in [-0.2, -0.15) is 9.61 Å².